The summed E-state index contributed by atoms with van der Waals surface area (Å²) in [7, 11) is -1.55. The van der Waals surface area contributed by atoms with Crippen LogP contribution < -0.4 is 10.2 Å². The van der Waals surface area contributed by atoms with Crippen LogP contribution in [0.25, 0.3) is 0 Å². The topological polar surface area (TPSA) is 69.7 Å². The SMILES string of the molecule is CCCN(CCC)CCNC(=O)c1ccc2c(c1)N(Cc1ccccc1)C(=O)c1ccccc1[S@]2=O. The zero-order valence-electron chi connectivity index (χ0n) is 20.9. The molecule has 1 N–H and O–H groups in total. The number of anilines is 1. The van der Waals surface area contributed by atoms with Gasteiger partial charge in [0.25, 0.3) is 11.8 Å². The van der Waals surface area contributed by atoms with Gasteiger partial charge in [0, 0.05) is 18.7 Å². The molecule has 36 heavy (non-hydrogen) atoms. The van der Waals surface area contributed by atoms with Crippen LogP contribution in [0.2, 0.25) is 0 Å². The van der Waals surface area contributed by atoms with Gasteiger partial charge in [-0.05, 0) is 61.8 Å². The van der Waals surface area contributed by atoms with Crippen LogP contribution in [0.4, 0.5) is 5.69 Å². The fourth-order valence-corrected chi connectivity index (χ4v) is 5.87. The van der Waals surface area contributed by atoms with Crippen LogP contribution in [0.15, 0.2) is 82.6 Å². The summed E-state index contributed by atoms with van der Waals surface area (Å²) in [5, 5.41) is 3.01. The molecule has 1 heterocycles. The van der Waals surface area contributed by atoms with E-state index in [1.54, 1.807) is 47.4 Å². The van der Waals surface area contributed by atoms with Gasteiger partial charge in [-0.15, -0.1) is 0 Å². The number of hydrogen-bond donors (Lipinski definition) is 1. The highest BCUT2D eigenvalue weighted by Crippen LogP contribution is 2.36. The number of carbonyl (C=O) groups is 2. The maximum atomic E-state index is 13.7. The Morgan fingerprint density at radius 1 is 0.889 bits per heavy atom. The summed E-state index contributed by atoms with van der Waals surface area (Å²) in [5.74, 6) is -0.431. The molecule has 0 bridgehead atoms. The third-order valence-electron chi connectivity index (χ3n) is 6.25. The lowest BCUT2D eigenvalue weighted by molar-refractivity contribution is 0.0945. The van der Waals surface area contributed by atoms with E-state index in [0.717, 1.165) is 38.0 Å². The number of nitrogens with zero attached hydrogens (tertiary/aromatic N) is 2. The second-order valence-electron chi connectivity index (χ2n) is 8.92. The second kappa shape index (κ2) is 12.1. The molecule has 0 saturated carbocycles. The van der Waals surface area contributed by atoms with E-state index in [-0.39, 0.29) is 11.8 Å². The summed E-state index contributed by atoms with van der Waals surface area (Å²) >= 11 is 0. The van der Waals surface area contributed by atoms with Crippen molar-refractivity contribution in [3.05, 3.63) is 89.5 Å². The predicted octanol–water partition coefficient (Wildman–Crippen LogP) is 4.87. The average Bonchev–Trinajstić information content (AvgIpc) is 2.99. The molecule has 3 aromatic carbocycles. The molecular formula is C29H33N3O3S. The first-order valence-corrected chi connectivity index (χ1v) is 13.7. The van der Waals surface area contributed by atoms with Gasteiger partial charge in [-0.25, -0.2) is 4.21 Å². The molecule has 6 nitrogen and oxygen atoms in total. The van der Waals surface area contributed by atoms with Gasteiger partial charge in [-0.3, -0.25) is 9.59 Å². The highest BCUT2D eigenvalue weighted by atomic mass is 32.2. The van der Waals surface area contributed by atoms with E-state index in [1.807, 2.05) is 30.3 Å². The molecule has 7 heteroatoms. The first-order valence-electron chi connectivity index (χ1n) is 12.5. The summed E-state index contributed by atoms with van der Waals surface area (Å²) < 4.78 is 13.5. The maximum absolute atomic E-state index is 13.7. The van der Waals surface area contributed by atoms with E-state index < -0.39 is 10.8 Å². The van der Waals surface area contributed by atoms with E-state index in [4.69, 9.17) is 0 Å². The zero-order chi connectivity index (χ0) is 25.5. The molecule has 0 aromatic heterocycles. The van der Waals surface area contributed by atoms with E-state index in [9.17, 15) is 13.8 Å². The molecular weight excluding hydrogens is 470 g/mol. The maximum Gasteiger partial charge on any atom is 0.259 e. The van der Waals surface area contributed by atoms with Gasteiger partial charge in [-0.1, -0.05) is 56.3 Å². The van der Waals surface area contributed by atoms with Gasteiger partial charge < -0.3 is 15.1 Å². The van der Waals surface area contributed by atoms with E-state index in [1.165, 1.54) is 0 Å². The Morgan fingerprint density at radius 2 is 1.58 bits per heavy atom. The van der Waals surface area contributed by atoms with Crippen molar-refractivity contribution in [3.63, 3.8) is 0 Å². The smallest absolute Gasteiger partial charge is 0.259 e. The number of nitrogens with one attached hydrogen (secondary N) is 1. The number of rotatable bonds is 10. The number of fused-ring (bicyclic) bond motifs is 2. The fourth-order valence-electron chi connectivity index (χ4n) is 4.53. The monoisotopic (exact) mass is 503 g/mol. The summed E-state index contributed by atoms with van der Waals surface area (Å²) in [5.41, 5.74) is 2.31. The Kier molecular flexibility index (Phi) is 8.67. The quantitative estimate of drug-likeness (QED) is 0.429. The van der Waals surface area contributed by atoms with Crippen LogP contribution in [0, 0.1) is 0 Å². The molecule has 3 aromatic rings. The third-order valence-corrected chi connectivity index (χ3v) is 7.75. The Balaban J connectivity index is 1.64. The predicted molar refractivity (Wildman–Crippen MR) is 144 cm³/mol. The first-order chi connectivity index (χ1) is 17.5. The molecule has 1 aliphatic rings. The number of amides is 2. The highest BCUT2D eigenvalue weighted by molar-refractivity contribution is 7.85. The van der Waals surface area contributed by atoms with Crippen molar-refractivity contribution in [2.24, 2.45) is 0 Å². The van der Waals surface area contributed by atoms with Gasteiger partial charge in [-0.2, -0.15) is 0 Å². The summed E-state index contributed by atoms with van der Waals surface area (Å²) in [4.78, 5) is 31.7. The van der Waals surface area contributed by atoms with Gasteiger partial charge >= 0.3 is 0 Å². The molecule has 1 aliphatic heterocycles. The Morgan fingerprint density at radius 3 is 2.31 bits per heavy atom. The number of hydrogen-bond acceptors (Lipinski definition) is 4. The highest BCUT2D eigenvalue weighted by Gasteiger charge is 2.31. The standard InChI is InChI=1S/C29H33N3O3S/c1-3-17-31(18-4-2)19-16-30-28(33)23-14-15-27-25(20-23)32(21-22-10-6-5-7-11-22)29(34)24-12-8-9-13-26(24)36(27)35/h5-15,20H,3-4,16-19,21H2,1-2H3,(H,30,33)/t36-/m1/s1. The fraction of sp³-hybridized carbons (Fsp3) is 0.310. The normalized spacial score (nSPS) is 14.8. The Bertz CT molecular complexity index is 1240. The molecule has 2 amide bonds. The lowest BCUT2D eigenvalue weighted by Gasteiger charge is -2.24. The average molecular weight is 504 g/mol. The minimum Gasteiger partial charge on any atom is -0.351 e. The van der Waals surface area contributed by atoms with Crippen molar-refractivity contribution in [2.45, 2.75) is 43.0 Å². The molecule has 188 valence electrons. The molecule has 1 atom stereocenters. The second-order valence-corrected chi connectivity index (χ2v) is 10.3. The van der Waals surface area contributed by atoms with Crippen LogP contribution in [0.1, 0.15) is 53.0 Å². The van der Waals surface area contributed by atoms with Crippen molar-refractivity contribution in [1.29, 1.82) is 0 Å². The molecule has 0 aliphatic carbocycles. The number of carbonyl (C=O) groups excluding carboxylic acids is 2. The lowest BCUT2D eigenvalue weighted by atomic mass is 10.1. The van der Waals surface area contributed by atoms with Crippen LogP contribution >= 0.6 is 0 Å². The van der Waals surface area contributed by atoms with Gasteiger partial charge in [0.2, 0.25) is 0 Å². The van der Waals surface area contributed by atoms with Crippen molar-refractivity contribution in [2.75, 3.05) is 31.1 Å². The summed E-state index contributed by atoms with van der Waals surface area (Å²) in [6.45, 7) is 7.96. The van der Waals surface area contributed by atoms with Crippen molar-refractivity contribution >= 4 is 28.3 Å². The first kappa shape index (κ1) is 25.8. The summed E-state index contributed by atoms with van der Waals surface area (Å²) in [6, 6.07) is 21.8. The van der Waals surface area contributed by atoms with Crippen LogP contribution in [-0.2, 0) is 17.3 Å². The largest absolute Gasteiger partial charge is 0.351 e. The Labute approximate surface area is 215 Å². The van der Waals surface area contributed by atoms with Crippen molar-refractivity contribution in [1.82, 2.24) is 10.2 Å². The Hall–Kier alpha value is -3.29. The minimum absolute atomic E-state index is 0.203. The molecule has 4 rings (SSSR count). The summed E-state index contributed by atoms with van der Waals surface area (Å²) in [6.07, 6.45) is 2.15. The van der Waals surface area contributed by atoms with Gasteiger partial charge in [0.05, 0.1) is 38.4 Å². The van der Waals surface area contributed by atoms with E-state index in [2.05, 4.69) is 24.1 Å². The van der Waals surface area contributed by atoms with Crippen LogP contribution in [0.5, 0.6) is 0 Å². The van der Waals surface area contributed by atoms with Crippen LogP contribution in [-0.4, -0.2) is 47.1 Å². The van der Waals surface area contributed by atoms with E-state index >= 15 is 0 Å². The van der Waals surface area contributed by atoms with E-state index in [0.29, 0.717) is 39.7 Å². The van der Waals surface area contributed by atoms with Crippen LogP contribution in [0.3, 0.4) is 0 Å². The van der Waals surface area contributed by atoms with Gasteiger partial charge in [0.15, 0.2) is 0 Å². The molecule has 0 saturated heterocycles. The van der Waals surface area contributed by atoms with Gasteiger partial charge in [0.1, 0.15) is 0 Å². The zero-order valence-corrected chi connectivity index (χ0v) is 21.7. The van der Waals surface area contributed by atoms with Crippen molar-refractivity contribution < 1.29 is 13.8 Å². The molecule has 0 fully saturated rings. The minimum atomic E-state index is -1.55. The third kappa shape index (κ3) is 5.74. The molecule has 0 unspecified atom stereocenters. The lowest BCUT2D eigenvalue weighted by Crippen LogP contribution is -2.36. The number of benzene rings is 3. The molecule has 0 radical (unpaired) electrons. The van der Waals surface area contributed by atoms with Crippen molar-refractivity contribution in [3.8, 4) is 0 Å². The molecule has 0 spiro atoms.